The highest BCUT2D eigenvalue weighted by molar-refractivity contribution is 5.99. The van der Waals surface area contributed by atoms with E-state index in [4.69, 9.17) is 18.9 Å². The molecule has 7 heteroatoms. The summed E-state index contributed by atoms with van der Waals surface area (Å²) in [5.41, 5.74) is 3.49. The first-order chi connectivity index (χ1) is 19.6. The quantitative estimate of drug-likeness (QED) is 0.389. The van der Waals surface area contributed by atoms with Crippen molar-refractivity contribution < 1.29 is 28.5 Å². The van der Waals surface area contributed by atoms with E-state index in [0.717, 1.165) is 22.3 Å². The molecule has 3 atom stereocenters. The van der Waals surface area contributed by atoms with Crippen LogP contribution in [0.3, 0.4) is 0 Å². The van der Waals surface area contributed by atoms with Crippen molar-refractivity contribution in [3.8, 4) is 11.5 Å². The summed E-state index contributed by atoms with van der Waals surface area (Å²) >= 11 is 0. The van der Waals surface area contributed by atoms with Gasteiger partial charge in [-0.05, 0) is 48.1 Å². The van der Waals surface area contributed by atoms with Crippen LogP contribution in [0.15, 0.2) is 84.6 Å². The number of rotatable bonds is 7. The second-order valence-electron chi connectivity index (χ2n) is 10.6. The standard InChI is InChI=1S/C33H33NO6/c1-37-26-15-16-33-17-18-34(32(36)40-21-23-11-7-4-8-12-23)25(29(33)30(26)35)19-24-13-14-27(38-2)31(28(24)33)39-20-22-9-5-3-6-10-22/h3-15,25,29H,16-21H2,1-2H3/t25-,29-,33+/m0/s1. The van der Waals surface area contributed by atoms with Crippen molar-refractivity contribution >= 4 is 11.9 Å². The Morgan fingerprint density at radius 2 is 1.62 bits per heavy atom. The van der Waals surface area contributed by atoms with E-state index in [1.807, 2.05) is 78.9 Å². The number of carbonyl (C=O) groups is 2. The number of benzene rings is 3. The zero-order valence-corrected chi connectivity index (χ0v) is 22.8. The number of carbonyl (C=O) groups excluding carboxylic acids is 2. The zero-order valence-electron chi connectivity index (χ0n) is 22.8. The molecular weight excluding hydrogens is 506 g/mol. The molecule has 1 aliphatic heterocycles. The van der Waals surface area contributed by atoms with Crippen LogP contribution in [0.25, 0.3) is 0 Å². The van der Waals surface area contributed by atoms with Gasteiger partial charge >= 0.3 is 6.09 Å². The number of ether oxygens (including phenoxy) is 4. The van der Waals surface area contributed by atoms with E-state index in [0.29, 0.717) is 49.7 Å². The van der Waals surface area contributed by atoms with Gasteiger partial charge in [-0.2, -0.15) is 0 Å². The first-order valence-corrected chi connectivity index (χ1v) is 13.7. The van der Waals surface area contributed by atoms with Crippen molar-refractivity contribution in [1.82, 2.24) is 4.90 Å². The predicted molar refractivity (Wildman–Crippen MR) is 149 cm³/mol. The van der Waals surface area contributed by atoms with Crippen molar-refractivity contribution in [3.63, 3.8) is 0 Å². The van der Waals surface area contributed by atoms with Gasteiger partial charge in [-0.1, -0.05) is 66.7 Å². The van der Waals surface area contributed by atoms with Gasteiger partial charge in [0.1, 0.15) is 13.2 Å². The fourth-order valence-corrected chi connectivity index (χ4v) is 6.78. The topological polar surface area (TPSA) is 74.3 Å². The molecular formula is C33H33NO6. The molecule has 0 saturated carbocycles. The van der Waals surface area contributed by atoms with Crippen molar-refractivity contribution in [2.45, 2.75) is 43.9 Å². The average molecular weight is 540 g/mol. The molecule has 40 heavy (non-hydrogen) atoms. The van der Waals surface area contributed by atoms with Crippen LogP contribution in [-0.2, 0) is 39.3 Å². The van der Waals surface area contributed by atoms with Gasteiger partial charge in [-0.15, -0.1) is 0 Å². The molecule has 6 rings (SSSR count). The number of ketones is 1. The monoisotopic (exact) mass is 539 g/mol. The molecule has 3 aliphatic rings. The summed E-state index contributed by atoms with van der Waals surface area (Å²) in [6.45, 7) is 1.04. The Labute approximate surface area is 234 Å². The second kappa shape index (κ2) is 10.7. The third-order valence-corrected chi connectivity index (χ3v) is 8.60. The summed E-state index contributed by atoms with van der Waals surface area (Å²) in [6, 6.07) is 23.2. The normalized spacial score (nSPS) is 22.9. The maximum atomic E-state index is 14.0. The van der Waals surface area contributed by atoms with Crippen LogP contribution in [0.2, 0.25) is 0 Å². The summed E-state index contributed by atoms with van der Waals surface area (Å²) in [6.07, 6.45) is 3.21. The average Bonchev–Trinajstić information content (AvgIpc) is 2.99. The van der Waals surface area contributed by atoms with Gasteiger partial charge in [0.2, 0.25) is 5.78 Å². The van der Waals surface area contributed by atoms with Gasteiger partial charge in [-0.25, -0.2) is 4.79 Å². The van der Waals surface area contributed by atoms with Crippen LogP contribution in [0.4, 0.5) is 4.79 Å². The Morgan fingerprint density at radius 3 is 2.30 bits per heavy atom. The van der Waals surface area contributed by atoms with E-state index in [1.165, 1.54) is 7.11 Å². The van der Waals surface area contributed by atoms with Crippen LogP contribution < -0.4 is 9.47 Å². The highest BCUT2D eigenvalue weighted by Gasteiger charge is 2.60. The van der Waals surface area contributed by atoms with E-state index in [2.05, 4.69) is 0 Å². The van der Waals surface area contributed by atoms with Crippen LogP contribution in [-0.4, -0.2) is 43.6 Å². The van der Waals surface area contributed by atoms with Gasteiger partial charge in [0, 0.05) is 17.5 Å². The number of allylic oxidation sites excluding steroid dienone is 2. The number of nitrogens with zero attached hydrogens (tertiary/aromatic N) is 1. The van der Waals surface area contributed by atoms with Gasteiger partial charge in [-0.3, -0.25) is 4.79 Å². The number of fused-ring (bicyclic) bond motifs is 1. The SMILES string of the molecule is COC1=CC[C@@]23CCN(C(=O)OCc4ccccc4)[C@@H](Cc4ccc(OC)c(OCc5ccccc5)c42)[C@H]3C1=O. The third kappa shape index (κ3) is 4.39. The van der Waals surface area contributed by atoms with Gasteiger partial charge in [0.15, 0.2) is 17.3 Å². The molecule has 1 heterocycles. The van der Waals surface area contributed by atoms with Crippen LogP contribution in [0.1, 0.15) is 35.1 Å². The molecule has 1 saturated heterocycles. The Hall–Kier alpha value is -4.26. The lowest BCUT2D eigenvalue weighted by Crippen LogP contribution is -2.64. The molecule has 0 N–H and O–H groups in total. The molecule has 3 aromatic carbocycles. The summed E-state index contributed by atoms with van der Waals surface area (Å²) in [7, 11) is 3.16. The Bertz CT molecular complexity index is 1440. The largest absolute Gasteiger partial charge is 0.493 e. The molecule has 1 amide bonds. The highest BCUT2D eigenvalue weighted by atomic mass is 16.6. The zero-order chi connectivity index (χ0) is 27.7. The van der Waals surface area contributed by atoms with Gasteiger partial charge in [0.25, 0.3) is 0 Å². The molecule has 1 fully saturated rings. The number of likely N-dealkylation sites (tertiary alicyclic amines) is 1. The molecule has 2 aliphatic carbocycles. The number of hydrogen-bond donors (Lipinski definition) is 0. The Kier molecular flexibility index (Phi) is 6.96. The van der Waals surface area contributed by atoms with Crippen molar-refractivity contribution in [1.29, 1.82) is 0 Å². The Morgan fingerprint density at radius 1 is 0.925 bits per heavy atom. The van der Waals surface area contributed by atoms with E-state index >= 15 is 0 Å². The smallest absolute Gasteiger partial charge is 0.410 e. The molecule has 3 aromatic rings. The fraction of sp³-hybridized carbons (Fsp3) is 0.333. The highest BCUT2D eigenvalue weighted by Crippen LogP contribution is 2.58. The summed E-state index contributed by atoms with van der Waals surface area (Å²) in [5, 5.41) is 0. The van der Waals surface area contributed by atoms with Gasteiger partial charge in [0.05, 0.1) is 26.2 Å². The lowest BCUT2D eigenvalue weighted by atomic mass is 9.53. The van der Waals surface area contributed by atoms with Crippen LogP contribution in [0.5, 0.6) is 11.5 Å². The molecule has 7 nitrogen and oxygen atoms in total. The van der Waals surface area contributed by atoms with Crippen LogP contribution >= 0.6 is 0 Å². The lowest BCUT2D eigenvalue weighted by Gasteiger charge is -2.56. The molecule has 0 radical (unpaired) electrons. The van der Waals surface area contributed by atoms with Crippen molar-refractivity contribution in [3.05, 3.63) is 107 Å². The van der Waals surface area contributed by atoms with Crippen molar-refractivity contribution in [2.75, 3.05) is 20.8 Å². The number of hydrogen-bond acceptors (Lipinski definition) is 6. The van der Waals surface area contributed by atoms with Crippen molar-refractivity contribution in [2.24, 2.45) is 5.92 Å². The first-order valence-electron chi connectivity index (χ1n) is 13.7. The molecule has 0 spiro atoms. The number of amides is 1. The molecule has 0 aromatic heterocycles. The molecule has 2 bridgehead atoms. The first kappa shape index (κ1) is 26.0. The molecule has 0 unspecified atom stereocenters. The van der Waals surface area contributed by atoms with Gasteiger partial charge < -0.3 is 23.8 Å². The lowest BCUT2D eigenvalue weighted by molar-refractivity contribution is -0.131. The predicted octanol–water partition coefficient (Wildman–Crippen LogP) is 5.60. The minimum atomic E-state index is -0.547. The third-order valence-electron chi connectivity index (χ3n) is 8.60. The summed E-state index contributed by atoms with van der Waals surface area (Å²) in [4.78, 5) is 29.1. The second-order valence-corrected chi connectivity index (χ2v) is 10.6. The maximum Gasteiger partial charge on any atom is 0.410 e. The number of Topliss-reactive ketones (excluding diaryl/α,β-unsaturated/α-hetero) is 1. The van der Waals surface area contributed by atoms with Crippen LogP contribution in [0, 0.1) is 5.92 Å². The maximum absolute atomic E-state index is 14.0. The van der Waals surface area contributed by atoms with E-state index in [1.54, 1.807) is 12.0 Å². The van der Waals surface area contributed by atoms with E-state index in [9.17, 15) is 9.59 Å². The number of piperidine rings is 1. The minimum absolute atomic E-state index is 0.0817. The number of methoxy groups -OCH3 is 2. The fourth-order valence-electron chi connectivity index (χ4n) is 6.78. The molecule has 206 valence electrons. The minimum Gasteiger partial charge on any atom is -0.493 e. The van der Waals surface area contributed by atoms with E-state index < -0.39 is 17.4 Å². The summed E-state index contributed by atoms with van der Waals surface area (Å²) < 4.78 is 23.5. The Balaban J connectivity index is 1.39. The van der Waals surface area contributed by atoms with E-state index in [-0.39, 0.29) is 18.4 Å². The summed E-state index contributed by atoms with van der Waals surface area (Å²) in [5.74, 6) is 1.10.